The summed E-state index contributed by atoms with van der Waals surface area (Å²) in [5.41, 5.74) is 1.70. The van der Waals surface area contributed by atoms with E-state index in [4.69, 9.17) is 4.42 Å². The van der Waals surface area contributed by atoms with Gasteiger partial charge in [-0.05, 0) is 36.8 Å². The third-order valence-electron chi connectivity index (χ3n) is 2.93. The number of nitrogens with one attached hydrogen (secondary N) is 2. The lowest BCUT2D eigenvalue weighted by Gasteiger charge is -2.04. The van der Waals surface area contributed by atoms with Crippen molar-refractivity contribution in [2.75, 3.05) is 0 Å². The van der Waals surface area contributed by atoms with Crippen LogP contribution in [0.1, 0.15) is 10.4 Å². The first-order valence-corrected chi connectivity index (χ1v) is 8.42. The van der Waals surface area contributed by atoms with Crippen LogP contribution in [-0.4, -0.2) is 13.4 Å². The van der Waals surface area contributed by atoms with Gasteiger partial charge in [0, 0.05) is 11.4 Å². The molecule has 0 bridgehead atoms. The second kappa shape index (κ2) is 5.14. The zero-order valence-corrected chi connectivity index (χ0v) is 12.7. The first kappa shape index (κ1) is 14.1. The van der Waals surface area contributed by atoms with Crippen LogP contribution in [0.3, 0.4) is 0 Å². The molecule has 1 aromatic carbocycles. The van der Waals surface area contributed by atoms with Crippen molar-refractivity contribution >= 4 is 32.5 Å². The van der Waals surface area contributed by atoms with Gasteiger partial charge >= 0.3 is 5.76 Å². The third-order valence-corrected chi connectivity index (χ3v) is 5.83. The van der Waals surface area contributed by atoms with E-state index in [0.717, 1.165) is 4.88 Å². The fourth-order valence-corrected chi connectivity index (χ4v) is 4.25. The first-order chi connectivity index (χ1) is 9.94. The second-order valence-electron chi connectivity index (χ2n) is 4.53. The number of rotatable bonds is 4. The minimum Gasteiger partial charge on any atom is -0.408 e. The largest absolute Gasteiger partial charge is 0.417 e. The smallest absolute Gasteiger partial charge is 0.408 e. The molecule has 2 aromatic heterocycles. The average molecular weight is 324 g/mol. The summed E-state index contributed by atoms with van der Waals surface area (Å²) < 4.78 is 32.0. The van der Waals surface area contributed by atoms with Gasteiger partial charge in [0.1, 0.15) is 4.21 Å². The van der Waals surface area contributed by atoms with Gasteiger partial charge in [-0.15, -0.1) is 11.3 Å². The first-order valence-electron chi connectivity index (χ1n) is 6.12. The number of hydrogen-bond acceptors (Lipinski definition) is 5. The molecule has 0 fully saturated rings. The van der Waals surface area contributed by atoms with Crippen molar-refractivity contribution < 1.29 is 12.8 Å². The molecule has 6 nitrogen and oxygen atoms in total. The van der Waals surface area contributed by atoms with Crippen molar-refractivity contribution in [1.29, 1.82) is 0 Å². The van der Waals surface area contributed by atoms with Crippen LogP contribution < -0.4 is 10.5 Å². The zero-order valence-electron chi connectivity index (χ0n) is 11.0. The molecule has 0 aliphatic heterocycles. The number of fused-ring (bicyclic) bond motifs is 1. The van der Waals surface area contributed by atoms with E-state index in [1.54, 1.807) is 30.3 Å². The molecule has 0 saturated carbocycles. The molecule has 110 valence electrons. The van der Waals surface area contributed by atoms with E-state index in [1.165, 1.54) is 11.3 Å². The molecule has 3 aromatic rings. The minimum absolute atomic E-state index is 0.129. The SMILES string of the molecule is Cc1ccc(S(=O)(=O)NCc2ccc3[nH]c(=O)oc3c2)s1. The Labute approximate surface area is 124 Å². The van der Waals surface area contributed by atoms with E-state index in [0.29, 0.717) is 16.7 Å². The molecule has 0 atom stereocenters. The Kier molecular flexibility index (Phi) is 3.44. The lowest BCUT2D eigenvalue weighted by molar-refractivity contribution is 0.554. The number of aryl methyl sites for hydroxylation is 1. The number of aromatic nitrogens is 1. The van der Waals surface area contributed by atoms with Crippen molar-refractivity contribution in [1.82, 2.24) is 9.71 Å². The number of benzene rings is 1. The summed E-state index contributed by atoms with van der Waals surface area (Å²) in [7, 11) is -3.52. The highest BCUT2D eigenvalue weighted by molar-refractivity contribution is 7.91. The standard InChI is InChI=1S/C13H12N2O4S2/c1-8-2-5-12(20-8)21(17,18)14-7-9-3-4-10-11(6-9)19-13(16)15-10/h2-6,14H,7H2,1H3,(H,15,16). The van der Waals surface area contributed by atoms with E-state index >= 15 is 0 Å². The average Bonchev–Trinajstić information content (AvgIpc) is 3.01. The van der Waals surface area contributed by atoms with Gasteiger partial charge in [-0.1, -0.05) is 6.07 Å². The summed E-state index contributed by atoms with van der Waals surface area (Å²) in [6.07, 6.45) is 0. The Morgan fingerprint density at radius 1 is 1.29 bits per heavy atom. The highest BCUT2D eigenvalue weighted by atomic mass is 32.2. The van der Waals surface area contributed by atoms with Crippen LogP contribution in [-0.2, 0) is 16.6 Å². The van der Waals surface area contributed by atoms with Gasteiger partial charge < -0.3 is 4.42 Å². The Hall–Kier alpha value is -1.90. The summed E-state index contributed by atoms with van der Waals surface area (Å²) in [6.45, 7) is 1.98. The van der Waals surface area contributed by atoms with Gasteiger partial charge in [0.15, 0.2) is 5.58 Å². The summed E-state index contributed by atoms with van der Waals surface area (Å²) in [5, 5.41) is 0. The third kappa shape index (κ3) is 2.92. The van der Waals surface area contributed by atoms with Crippen LogP contribution in [0.2, 0.25) is 0 Å². The fraction of sp³-hybridized carbons (Fsp3) is 0.154. The van der Waals surface area contributed by atoms with Gasteiger partial charge in [0.05, 0.1) is 5.52 Å². The molecule has 0 saturated heterocycles. The molecule has 8 heteroatoms. The predicted octanol–water partition coefficient (Wildman–Crippen LogP) is 1.97. The normalized spacial score (nSPS) is 12.0. The van der Waals surface area contributed by atoms with Crippen LogP contribution in [0.15, 0.2) is 43.8 Å². The molecule has 3 rings (SSSR count). The number of thiophene rings is 1. The van der Waals surface area contributed by atoms with Gasteiger partial charge in [-0.3, -0.25) is 4.98 Å². The number of oxazole rings is 1. The lowest BCUT2D eigenvalue weighted by atomic mass is 10.2. The highest BCUT2D eigenvalue weighted by Gasteiger charge is 2.15. The molecule has 0 unspecified atom stereocenters. The van der Waals surface area contributed by atoms with E-state index in [2.05, 4.69) is 9.71 Å². The van der Waals surface area contributed by atoms with Gasteiger partial charge in [0.2, 0.25) is 10.0 Å². The van der Waals surface area contributed by atoms with Crippen molar-refractivity contribution in [2.45, 2.75) is 17.7 Å². The van der Waals surface area contributed by atoms with Crippen LogP contribution in [0, 0.1) is 6.92 Å². The lowest BCUT2D eigenvalue weighted by Crippen LogP contribution is -2.22. The summed E-state index contributed by atoms with van der Waals surface area (Å²) in [5.74, 6) is -0.531. The Morgan fingerprint density at radius 3 is 2.81 bits per heavy atom. The van der Waals surface area contributed by atoms with E-state index in [1.807, 2.05) is 6.92 Å². The van der Waals surface area contributed by atoms with Crippen molar-refractivity contribution in [3.05, 3.63) is 51.3 Å². The maximum absolute atomic E-state index is 12.1. The second-order valence-corrected chi connectivity index (χ2v) is 7.82. The summed E-state index contributed by atoms with van der Waals surface area (Å²) in [6, 6.07) is 8.39. The maximum atomic E-state index is 12.1. The van der Waals surface area contributed by atoms with Crippen LogP contribution in [0.5, 0.6) is 0 Å². The number of sulfonamides is 1. The molecule has 2 heterocycles. The quantitative estimate of drug-likeness (QED) is 0.767. The van der Waals surface area contributed by atoms with Crippen LogP contribution in [0.4, 0.5) is 0 Å². The molecular weight excluding hydrogens is 312 g/mol. The number of hydrogen-bond donors (Lipinski definition) is 2. The Morgan fingerprint density at radius 2 is 2.10 bits per heavy atom. The Balaban J connectivity index is 1.81. The molecular formula is C13H12N2O4S2. The summed E-state index contributed by atoms with van der Waals surface area (Å²) >= 11 is 1.22. The monoisotopic (exact) mass is 324 g/mol. The molecule has 0 aliphatic rings. The molecule has 0 spiro atoms. The maximum Gasteiger partial charge on any atom is 0.417 e. The van der Waals surface area contributed by atoms with E-state index in [9.17, 15) is 13.2 Å². The minimum atomic E-state index is -3.52. The van der Waals surface area contributed by atoms with Crippen molar-refractivity contribution in [3.8, 4) is 0 Å². The van der Waals surface area contributed by atoms with Crippen LogP contribution >= 0.6 is 11.3 Å². The van der Waals surface area contributed by atoms with Crippen molar-refractivity contribution in [2.24, 2.45) is 0 Å². The topological polar surface area (TPSA) is 92.2 Å². The molecule has 0 aliphatic carbocycles. The highest BCUT2D eigenvalue weighted by Crippen LogP contribution is 2.21. The molecule has 0 amide bonds. The molecule has 2 N–H and O–H groups in total. The van der Waals surface area contributed by atoms with Gasteiger partial charge in [-0.2, -0.15) is 0 Å². The Bertz CT molecular complexity index is 950. The predicted molar refractivity (Wildman–Crippen MR) is 79.9 cm³/mol. The van der Waals surface area contributed by atoms with Gasteiger partial charge in [-0.25, -0.2) is 17.9 Å². The zero-order chi connectivity index (χ0) is 15.0. The van der Waals surface area contributed by atoms with E-state index < -0.39 is 15.8 Å². The fourth-order valence-electron chi connectivity index (χ4n) is 1.91. The molecule has 0 radical (unpaired) electrons. The van der Waals surface area contributed by atoms with E-state index in [-0.39, 0.29) is 10.8 Å². The summed E-state index contributed by atoms with van der Waals surface area (Å²) in [4.78, 5) is 14.5. The van der Waals surface area contributed by atoms with Crippen molar-refractivity contribution in [3.63, 3.8) is 0 Å². The van der Waals surface area contributed by atoms with Gasteiger partial charge in [0.25, 0.3) is 0 Å². The molecule has 21 heavy (non-hydrogen) atoms. The van der Waals surface area contributed by atoms with Crippen LogP contribution in [0.25, 0.3) is 11.1 Å². The number of aromatic amines is 1. The number of H-pyrrole nitrogens is 1.